The van der Waals surface area contributed by atoms with E-state index in [2.05, 4.69) is 20.8 Å². The number of benzene rings is 2. The lowest BCUT2D eigenvalue weighted by Crippen LogP contribution is -2.15. The molecule has 0 unspecified atom stereocenters. The Morgan fingerprint density at radius 1 is 1.11 bits per heavy atom. The SMILES string of the molecule is COc1cc(Cl)c(C)cc1Nc1ccc(NC(=O)c2ccccc2F)nn1. The number of rotatable bonds is 5. The number of ether oxygens (including phenoxy) is 1. The van der Waals surface area contributed by atoms with Crippen LogP contribution in [0.25, 0.3) is 0 Å². The summed E-state index contributed by atoms with van der Waals surface area (Å²) in [6.07, 6.45) is 0. The zero-order valence-corrected chi connectivity index (χ0v) is 15.3. The van der Waals surface area contributed by atoms with Crippen molar-refractivity contribution in [2.75, 3.05) is 17.7 Å². The molecule has 6 nitrogen and oxygen atoms in total. The van der Waals surface area contributed by atoms with Crippen LogP contribution in [0.15, 0.2) is 48.5 Å². The summed E-state index contributed by atoms with van der Waals surface area (Å²) in [5, 5.41) is 14.1. The number of nitrogens with one attached hydrogen (secondary N) is 2. The van der Waals surface area contributed by atoms with Crippen molar-refractivity contribution in [3.63, 3.8) is 0 Å². The Balaban J connectivity index is 1.74. The molecule has 0 fully saturated rings. The van der Waals surface area contributed by atoms with Crippen molar-refractivity contribution in [3.05, 3.63) is 70.5 Å². The average Bonchev–Trinajstić information content (AvgIpc) is 2.66. The summed E-state index contributed by atoms with van der Waals surface area (Å²) in [7, 11) is 1.54. The number of amides is 1. The van der Waals surface area contributed by atoms with E-state index in [1.54, 1.807) is 31.4 Å². The minimum absolute atomic E-state index is 0.0668. The number of anilines is 3. The number of nitrogens with zero attached hydrogens (tertiary/aromatic N) is 2. The summed E-state index contributed by atoms with van der Waals surface area (Å²) in [5.74, 6) is 0.000790. The van der Waals surface area contributed by atoms with Gasteiger partial charge in [0.25, 0.3) is 5.91 Å². The van der Waals surface area contributed by atoms with Gasteiger partial charge in [-0.25, -0.2) is 4.39 Å². The highest BCUT2D eigenvalue weighted by Crippen LogP contribution is 2.32. The van der Waals surface area contributed by atoms with Gasteiger partial charge < -0.3 is 15.4 Å². The van der Waals surface area contributed by atoms with Gasteiger partial charge >= 0.3 is 0 Å². The van der Waals surface area contributed by atoms with Crippen molar-refractivity contribution >= 4 is 34.8 Å². The standard InChI is InChI=1S/C19H16ClFN4O2/c1-11-9-15(16(27-2)10-13(11)20)22-17-7-8-18(25-24-17)23-19(26)12-5-3-4-6-14(12)21/h3-10H,1-2H3,(H,22,24)(H,23,25,26). The van der Waals surface area contributed by atoms with Crippen LogP contribution in [0.3, 0.4) is 0 Å². The molecule has 0 saturated heterocycles. The third kappa shape index (κ3) is 4.32. The molecule has 138 valence electrons. The molecule has 1 aromatic heterocycles. The van der Waals surface area contributed by atoms with E-state index in [0.29, 0.717) is 22.3 Å². The number of halogens is 2. The predicted octanol–water partition coefficient (Wildman–Crippen LogP) is 4.58. The summed E-state index contributed by atoms with van der Waals surface area (Å²) in [6.45, 7) is 1.87. The van der Waals surface area contributed by atoms with Crippen molar-refractivity contribution in [2.45, 2.75) is 6.92 Å². The molecule has 3 rings (SSSR count). The molecule has 1 heterocycles. The molecular weight excluding hydrogens is 371 g/mol. The topological polar surface area (TPSA) is 76.1 Å². The Bertz CT molecular complexity index is 980. The second-order valence-corrected chi connectivity index (χ2v) is 6.07. The first-order chi connectivity index (χ1) is 13.0. The molecule has 0 saturated carbocycles. The number of hydrogen-bond donors (Lipinski definition) is 2. The zero-order chi connectivity index (χ0) is 19.4. The first-order valence-electron chi connectivity index (χ1n) is 7.98. The first kappa shape index (κ1) is 18.6. The number of aromatic nitrogens is 2. The molecule has 0 bridgehead atoms. The molecule has 1 amide bonds. The van der Waals surface area contributed by atoms with Crippen LogP contribution >= 0.6 is 11.6 Å². The van der Waals surface area contributed by atoms with Crippen LogP contribution < -0.4 is 15.4 Å². The molecule has 0 radical (unpaired) electrons. The maximum Gasteiger partial charge on any atom is 0.259 e. The second-order valence-electron chi connectivity index (χ2n) is 5.66. The van der Waals surface area contributed by atoms with E-state index in [1.165, 1.54) is 18.2 Å². The number of aryl methyl sites for hydroxylation is 1. The number of methoxy groups -OCH3 is 1. The van der Waals surface area contributed by atoms with E-state index in [1.807, 2.05) is 13.0 Å². The maximum absolute atomic E-state index is 13.7. The Morgan fingerprint density at radius 3 is 2.48 bits per heavy atom. The summed E-state index contributed by atoms with van der Waals surface area (Å²) in [5.41, 5.74) is 1.49. The summed E-state index contributed by atoms with van der Waals surface area (Å²) in [4.78, 5) is 12.1. The fourth-order valence-electron chi connectivity index (χ4n) is 2.36. The zero-order valence-electron chi connectivity index (χ0n) is 14.6. The van der Waals surface area contributed by atoms with Crippen LogP contribution in [0, 0.1) is 12.7 Å². The molecule has 0 spiro atoms. The Morgan fingerprint density at radius 2 is 1.81 bits per heavy atom. The predicted molar refractivity (Wildman–Crippen MR) is 102 cm³/mol. The number of carbonyl (C=O) groups is 1. The average molecular weight is 387 g/mol. The second kappa shape index (κ2) is 8.01. The van der Waals surface area contributed by atoms with Gasteiger partial charge in [-0.2, -0.15) is 0 Å². The van der Waals surface area contributed by atoms with Crippen LogP contribution in [0.2, 0.25) is 5.02 Å². The van der Waals surface area contributed by atoms with Gasteiger partial charge in [0.15, 0.2) is 11.6 Å². The Kier molecular flexibility index (Phi) is 5.52. The summed E-state index contributed by atoms with van der Waals surface area (Å²) in [6, 6.07) is 12.4. The summed E-state index contributed by atoms with van der Waals surface area (Å²) < 4.78 is 19.0. The van der Waals surface area contributed by atoms with E-state index in [0.717, 1.165) is 5.56 Å². The van der Waals surface area contributed by atoms with E-state index < -0.39 is 11.7 Å². The molecule has 0 aliphatic carbocycles. The smallest absolute Gasteiger partial charge is 0.259 e. The van der Waals surface area contributed by atoms with Gasteiger partial charge in [0.05, 0.1) is 18.4 Å². The van der Waals surface area contributed by atoms with Gasteiger partial charge in [0.2, 0.25) is 0 Å². The van der Waals surface area contributed by atoms with E-state index in [9.17, 15) is 9.18 Å². The quantitative estimate of drug-likeness (QED) is 0.671. The van der Waals surface area contributed by atoms with Gasteiger partial charge in [-0.15, -0.1) is 10.2 Å². The fourth-order valence-corrected chi connectivity index (χ4v) is 2.52. The highest BCUT2D eigenvalue weighted by molar-refractivity contribution is 6.31. The lowest BCUT2D eigenvalue weighted by atomic mass is 10.2. The van der Waals surface area contributed by atoms with Gasteiger partial charge in [-0.1, -0.05) is 23.7 Å². The molecule has 27 heavy (non-hydrogen) atoms. The van der Waals surface area contributed by atoms with Gasteiger partial charge in [0, 0.05) is 11.1 Å². The molecule has 2 aromatic carbocycles. The van der Waals surface area contributed by atoms with E-state index in [4.69, 9.17) is 16.3 Å². The van der Waals surface area contributed by atoms with E-state index in [-0.39, 0.29) is 11.4 Å². The Hall–Kier alpha value is -3.19. The van der Waals surface area contributed by atoms with Gasteiger partial charge in [-0.3, -0.25) is 4.79 Å². The van der Waals surface area contributed by atoms with Crippen molar-refractivity contribution in [3.8, 4) is 5.75 Å². The van der Waals surface area contributed by atoms with Crippen LogP contribution in [0.1, 0.15) is 15.9 Å². The highest BCUT2D eigenvalue weighted by Gasteiger charge is 2.12. The van der Waals surface area contributed by atoms with Crippen LogP contribution in [0.5, 0.6) is 5.75 Å². The lowest BCUT2D eigenvalue weighted by Gasteiger charge is -2.12. The maximum atomic E-state index is 13.7. The fraction of sp³-hybridized carbons (Fsp3) is 0.105. The molecule has 0 aliphatic heterocycles. The molecular formula is C19H16ClFN4O2. The molecule has 2 N–H and O–H groups in total. The molecule has 3 aromatic rings. The molecule has 0 aliphatic rings. The molecule has 0 atom stereocenters. The lowest BCUT2D eigenvalue weighted by molar-refractivity contribution is 0.102. The highest BCUT2D eigenvalue weighted by atomic mass is 35.5. The third-order valence-corrected chi connectivity index (χ3v) is 4.18. The van der Waals surface area contributed by atoms with Gasteiger partial charge in [-0.05, 0) is 42.8 Å². The molecule has 8 heteroatoms. The van der Waals surface area contributed by atoms with Crippen molar-refractivity contribution < 1.29 is 13.9 Å². The van der Waals surface area contributed by atoms with Crippen LogP contribution in [-0.4, -0.2) is 23.2 Å². The van der Waals surface area contributed by atoms with E-state index >= 15 is 0 Å². The monoisotopic (exact) mass is 386 g/mol. The minimum atomic E-state index is -0.605. The van der Waals surface area contributed by atoms with Crippen molar-refractivity contribution in [1.29, 1.82) is 0 Å². The van der Waals surface area contributed by atoms with Gasteiger partial charge in [0.1, 0.15) is 11.6 Å². The third-order valence-electron chi connectivity index (χ3n) is 3.77. The Labute approximate surface area is 160 Å². The van der Waals surface area contributed by atoms with Crippen LogP contribution in [-0.2, 0) is 0 Å². The van der Waals surface area contributed by atoms with Crippen molar-refractivity contribution in [2.24, 2.45) is 0 Å². The normalized spacial score (nSPS) is 10.4. The summed E-state index contributed by atoms with van der Waals surface area (Å²) >= 11 is 6.10. The minimum Gasteiger partial charge on any atom is -0.495 e. The number of carbonyl (C=O) groups excluding carboxylic acids is 1. The van der Waals surface area contributed by atoms with Crippen molar-refractivity contribution in [1.82, 2.24) is 10.2 Å². The number of hydrogen-bond acceptors (Lipinski definition) is 5. The van der Waals surface area contributed by atoms with Crippen LogP contribution in [0.4, 0.5) is 21.7 Å². The first-order valence-corrected chi connectivity index (χ1v) is 8.36. The largest absolute Gasteiger partial charge is 0.495 e.